The Kier molecular flexibility index (Phi) is 49.7. The maximum absolute atomic E-state index is 16.9. The SMILES string of the molecule is CC(=O)NCSC[C@H](N)C(=O)N[C@@H](Cc1ccc(O)cc1)C(=O)N[C@@H](CCC(=O)O)C(=O)N(C(=O)[C@@H](NC(=O)[C@@H](N)CSCNC(C)=O)[C@@H](C)O)[C@@](C(=O)O)(C(=O)[C@@H](NC(=O)[C@H](CCC(=O)O)NC(=O)[C@@H](N)CSCNC(C)=O)[C@@H](C)O)[C@@](C)(O)C(=O)[C@H](CC(N)=O)NC(=O)[C@H](CC(=O)O)NC(=O)[C@@H](NC(=O)[C@H](CCC(N)=O)NC(=O)[C@H](Cc1c[nH]c2ccccc12)NC(=O)[C@@H](N)CCC(=O)O)[C@@H](C)O. The van der Waals surface area contributed by atoms with Crippen molar-refractivity contribution in [2.45, 2.75) is 240 Å². The number of aliphatic carboxylic acids is 5. The van der Waals surface area contributed by atoms with Crippen molar-refractivity contribution in [2.24, 2.45) is 34.4 Å². The molecule has 17 amide bonds. The number of ketones is 2. The number of rotatable bonds is 64. The second-order valence-electron chi connectivity index (χ2n) is 32.1. The topological polar surface area (TPSA) is 944 Å². The number of nitrogens with one attached hydrogen (secondary N) is 14. The lowest BCUT2D eigenvalue weighted by Gasteiger charge is -2.49. The van der Waals surface area contributed by atoms with Crippen molar-refractivity contribution >= 4 is 188 Å². The number of aromatic amines is 1. The molecule has 58 heteroatoms. The number of aliphatic hydroxyl groups excluding tert-OH is 3. The smallest absolute Gasteiger partial charge is 0.341 e. The highest BCUT2D eigenvalue weighted by Gasteiger charge is 2.72. The average Bonchev–Trinajstić information content (AvgIpc) is 0.756. The largest absolute Gasteiger partial charge is 0.508 e. The van der Waals surface area contributed by atoms with Gasteiger partial charge in [-0.15, -0.1) is 35.3 Å². The summed E-state index contributed by atoms with van der Waals surface area (Å²) in [5.74, 6) is -44.1. The Morgan fingerprint density at radius 3 is 1.22 bits per heavy atom. The highest BCUT2D eigenvalue weighted by molar-refractivity contribution is 7.99. The first-order chi connectivity index (χ1) is 65.3. The lowest BCUT2D eigenvalue weighted by Crippen LogP contribution is -2.83. The summed E-state index contributed by atoms with van der Waals surface area (Å²) in [5, 5.41) is 139. The number of phenolic OH excluding ortho intramolecular Hbond substituents is 1. The molecule has 0 radical (unpaired) electrons. The molecule has 0 aliphatic rings. The van der Waals surface area contributed by atoms with E-state index in [9.17, 15) is 128 Å². The number of hydrogen-bond acceptors (Lipinski definition) is 36. The molecule has 0 saturated carbocycles. The zero-order valence-electron chi connectivity index (χ0n) is 76.6. The molecular formula is C82H119N21O34S3. The molecule has 3 rings (SSSR count). The third kappa shape index (κ3) is 38.3. The number of nitrogens with zero attached hydrogens (tertiary/aromatic N) is 1. The summed E-state index contributed by atoms with van der Waals surface area (Å²) in [4.78, 5) is 340. The first-order valence-electron chi connectivity index (χ1n) is 42.6. The number of carbonyl (C=O) groups is 24. The molecule has 0 saturated heterocycles. The Bertz CT molecular complexity index is 5010. The van der Waals surface area contributed by atoms with Crippen LogP contribution >= 0.6 is 35.3 Å². The van der Waals surface area contributed by atoms with Gasteiger partial charge in [0, 0.05) is 93.7 Å². The van der Waals surface area contributed by atoms with E-state index in [0.29, 0.717) is 42.1 Å². The predicted molar refractivity (Wildman–Crippen MR) is 491 cm³/mol. The van der Waals surface area contributed by atoms with Crippen molar-refractivity contribution in [1.82, 2.24) is 79.0 Å². The van der Waals surface area contributed by atoms with Crippen LogP contribution in [0.2, 0.25) is 0 Å². The maximum atomic E-state index is 16.9. The highest BCUT2D eigenvalue weighted by atomic mass is 32.2. The predicted octanol–water partition coefficient (Wildman–Crippen LogP) is -11.3. The molecule has 2 aromatic carbocycles. The number of carboxylic acid groups (broad SMARTS) is 5. The van der Waals surface area contributed by atoms with Crippen LogP contribution in [0.1, 0.15) is 124 Å². The first kappa shape index (κ1) is 121. The van der Waals surface area contributed by atoms with Crippen LogP contribution in [0.5, 0.6) is 5.75 Å². The van der Waals surface area contributed by atoms with Gasteiger partial charge in [-0.3, -0.25) is 115 Å². The summed E-state index contributed by atoms with van der Waals surface area (Å²) in [7, 11) is 0. The number of hydrogen-bond donors (Lipinski definition) is 30. The van der Waals surface area contributed by atoms with Gasteiger partial charge in [-0.2, -0.15) is 0 Å². The first-order valence-corrected chi connectivity index (χ1v) is 46.0. The van der Waals surface area contributed by atoms with E-state index in [1.807, 2.05) is 21.3 Å². The number of thioether (sulfide) groups is 3. The Balaban J connectivity index is 2.67. The monoisotopic (exact) mass is 2040 g/mol. The number of carbonyl (C=O) groups excluding carboxylic acids is 19. The van der Waals surface area contributed by atoms with Crippen molar-refractivity contribution in [1.29, 1.82) is 0 Å². The number of H-pyrrole nitrogens is 1. The van der Waals surface area contributed by atoms with Gasteiger partial charge in [0.15, 0.2) is 17.2 Å². The van der Waals surface area contributed by atoms with Gasteiger partial charge in [-0.1, -0.05) is 30.3 Å². The van der Waals surface area contributed by atoms with Crippen molar-refractivity contribution in [3.63, 3.8) is 0 Å². The van der Waals surface area contributed by atoms with Crippen molar-refractivity contribution in [3.05, 3.63) is 65.9 Å². The summed E-state index contributed by atoms with van der Waals surface area (Å²) in [6.45, 7) is 5.04. The summed E-state index contributed by atoms with van der Waals surface area (Å²) in [6, 6.07) is -22.6. The van der Waals surface area contributed by atoms with Gasteiger partial charge < -0.3 is 160 Å². The van der Waals surface area contributed by atoms with Crippen LogP contribution < -0.4 is 104 Å². The molecule has 0 bridgehead atoms. The number of aliphatic hydroxyl groups is 4. The Morgan fingerprint density at radius 2 is 0.779 bits per heavy atom. The normalized spacial score (nSPS) is 15.7. The second kappa shape index (κ2) is 57.7. The summed E-state index contributed by atoms with van der Waals surface area (Å²) in [5.41, 5.74) is 26.0. The van der Waals surface area contributed by atoms with E-state index in [1.54, 1.807) is 34.9 Å². The van der Waals surface area contributed by atoms with Gasteiger partial charge in [-0.05, 0) is 82.7 Å². The molecular weight excluding hydrogens is 1920 g/mol. The van der Waals surface area contributed by atoms with E-state index in [2.05, 4.69) is 42.2 Å². The van der Waals surface area contributed by atoms with E-state index < -0.39 is 355 Å². The van der Waals surface area contributed by atoms with Crippen LogP contribution in [-0.4, -0.2) is 352 Å². The van der Waals surface area contributed by atoms with Crippen LogP contribution in [-0.2, 0) is 128 Å². The highest BCUT2D eigenvalue weighted by Crippen LogP contribution is 2.38. The fourth-order valence-corrected chi connectivity index (χ4v) is 15.7. The molecule has 1 heterocycles. The number of para-hydroxylation sites is 1. The molecule has 0 spiro atoms. The fourth-order valence-electron chi connectivity index (χ4n) is 13.2. The zero-order valence-corrected chi connectivity index (χ0v) is 79.1. The van der Waals surface area contributed by atoms with Crippen LogP contribution in [0.25, 0.3) is 10.9 Å². The van der Waals surface area contributed by atoms with Gasteiger partial charge in [0.25, 0.3) is 11.8 Å². The number of benzene rings is 2. The van der Waals surface area contributed by atoms with Crippen molar-refractivity contribution < 1.29 is 166 Å². The third-order valence-corrected chi connectivity index (χ3v) is 23.5. The minimum absolute atomic E-state index is 0.00333. The number of phenols is 1. The van der Waals surface area contributed by atoms with E-state index in [0.717, 1.165) is 75.5 Å². The van der Waals surface area contributed by atoms with Crippen LogP contribution in [0.4, 0.5) is 0 Å². The fraction of sp³-hybridized carbons (Fsp3) is 0.537. The number of aromatic nitrogens is 1. The maximum Gasteiger partial charge on any atom is 0.341 e. The number of nitrogens with two attached hydrogens (primary N) is 6. The number of aromatic hydroxyl groups is 1. The number of carboxylic acids is 5. The summed E-state index contributed by atoms with van der Waals surface area (Å²) >= 11 is 2.36. The number of Topliss-reactive ketones (excluding diaryl/α,β-unsaturated/α-hetero) is 2. The Labute approximate surface area is 809 Å². The molecule has 0 fully saturated rings. The van der Waals surface area contributed by atoms with Gasteiger partial charge in [0.1, 0.15) is 60.1 Å². The Hall–Kier alpha value is -13.6. The summed E-state index contributed by atoms with van der Waals surface area (Å²) < 4.78 is 0. The molecule has 19 atom stereocenters. The summed E-state index contributed by atoms with van der Waals surface area (Å²) in [6.07, 6.45) is -19.1. The van der Waals surface area contributed by atoms with Gasteiger partial charge >= 0.3 is 29.8 Å². The number of imide groups is 1. The molecule has 774 valence electrons. The van der Waals surface area contributed by atoms with Crippen molar-refractivity contribution in [3.8, 4) is 5.75 Å². The van der Waals surface area contributed by atoms with Crippen LogP contribution in [0, 0.1) is 0 Å². The number of fused-ring (bicyclic) bond motifs is 1. The minimum atomic E-state index is -5.40. The van der Waals surface area contributed by atoms with Gasteiger partial charge in [-0.25, -0.2) is 4.79 Å². The van der Waals surface area contributed by atoms with E-state index in [-0.39, 0.29) is 35.9 Å². The molecule has 55 nitrogen and oxygen atoms in total. The zero-order chi connectivity index (χ0) is 106. The molecule has 140 heavy (non-hydrogen) atoms. The van der Waals surface area contributed by atoms with E-state index in [4.69, 9.17) is 34.4 Å². The molecule has 36 N–H and O–H groups in total. The Morgan fingerprint density at radius 1 is 0.400 bits per heavy atom. The van der Waals surface area contributed by atoms with Gasteiger partial charge in [0.05, 0.1) is 79.0 Å². The van der Waals surface area contributed by atoms with E-state index in [1.165, 1.54) is 6.20 Å². The second-order valence-corrected chi connectivity index (χ2v) is 35.2. The lowest BCUT2D eigenvalue weighted by molar-refractivity contribution is -0.195. The number of amides is 17. The molecule has 0 aliphatic heterocycles. The average molecular weight is 2040 g/mol. The molecule has 1 aromatic heterocycles. The van der Waals surface area contributed by atoms with Crippen molar-refractivity contribution in [2.75, 3.05) is 34.9 Å². The van der Waals surface area contributed by atoms with Crippen LogP contribution in [0.3, 0.4) is 0 Å². The molecule has 0 unspecified atom stereocenters. The molecule has 0 aliphatic carbocycles. The quantitative estimate of drug-likeness (QED) is 0.0142. The standard InChI is InChI=1S/C82H119N21O34S3/c1-35(104)63(100-72(127)51(18-22-60(115)116)93-69(124)46(84)29-138-32-90-38(4)107)67(122)82(80(135)136,103(79(134)65(37(3)106)102-71(126)48(86)31-140-34-92-40(6)109)78(133)52(19-23-61(117)118)95-74(129)54(24-41-12-14-43(110)15-13-41)97-70(125)47(85)30-139-33-91-39(5)108)81(7,137)66(121)53(26-58(88)112)96-76(131)56(27-62(119)120)99-77(132)64(36(2)105)101-73(128)50(17-20-57(87)111)94-75(130)55(98-68(123)45(83)16-21-59(113)114)25-42-28-89-49-11-9-8-10-44(42)49/h8-15,28,35-37,45-48,50-56,63-65,89,104-106,110,137H,16-27,29-34,83-86H2,1-7H3,(H2,87,111)(H2,88,112)(H,90,107)(H,91,108)(H,92,109)(H,93,124)(H,94,130)(H,95,129)(H,96,131)(H,97,125)(H,98,123)(H,99,132)(H,100,127)(H,101,128)(H,102,126)(H,113,114)(H,115,116)(H,117,118)(H,119,120)(H,135,136)/t35-,36-,37-,45+,46+,47+,48+,50+,51+,52+,53+,54+,55+,56+,63+,64+,65+,81+,82-/m1/s1. The van der Waals surface area contributed by atoms with E-state index >= 15 is 38.4 Å². The lowest BCUT2D eigenvalue weighted by atomic mass is 9.68. The number of primary amides is 2. The van der Waals surface area contributed by atoms with Gasteiger partial charge in [0.2, 0.25) is 94.1 Å². The molecule has 3 aromatic rings. The minimum Gasteiger partial charge on any atom is -0.508 e. The van der Waals surface area contributed by atoms with Crippen LogP contribution in [0.15, 0.2) is 54.7 Å². The third-order valence-electron chi connectivity index (χ3n) is 20.6.